The van der Waals surface area contributed by atoms with Gasteiger partial charge in [-0.05, 0) is 48.7 Å². The Morgan fingerprint density at radius 2 is 1.74 bits per heavy atom. The van der Waals surface area contributed by atoms with Gasteiger partial charge in [0.25, 0.3) is 0 Å². The summed E-state index contributed by atoms with van der Waals surface area (Å²) in [6.45, 7) is 1.31. The Bertz CT molecular complexity index is 939. The van der Waals surface area contributed by atoms with Crippen LogP contribution >= 0.6 is 0 Å². The van der Waals surface area contributed by atoms with Gasteiger partial charge in [-0.2, -0.15) is 0 Å². The quantitative estimate of drug-likeness (QED) is 0.849. The maximum atomic E-state index is 13.4. The highest BCUT2D eigenvalue weighted by Crippen LogP contribution is 2.44. The molecule has 0 bridgehead atoms. The van der Waals surface area contributed by atoms with Crippen molar-refractivity contribution in [1.29, 1.82) is 0 Å². The molecule has 1 saturated carbocycles. The molecule has 7 heteroatoms. The second-order valence-electron chi connectivity index (χ2n) is 7.13. The van der Waals surface area contributed by atoms with Crippen LogP contribution in [-0.2, 0) is 15.4 Å². The molecule has 2 aromatic rings. The van der Waals surface area contributed by atoms with Crippen LogP contribution < -0.4 is 14.2 Å². The summed E-state index contributed by atoms with van der Waals surface area (Å²) in [7, 11) is -3.78. The first-order chi connectivity index (χ1) is 13.0. The van der Waals surface area contributed by atoms with E-state index < -0.39 is 15.8 Å². The summed E-state index contributed by atoms with van der Waals surface area (Å²) in [5.41, 5.74) is 0.752. The van der Waals surface area contributed by atoms with Gasteiger partial charge in [-0.1, -0.05) is 25.0 Å². The number of benzene rings is 2. The SMILES string of the molecule is O=S(=O)(NCC1(c2ccc3c(c2)OCCO3)CCCC1)c1cccc(F)c1. The van der Waals surface area contributed by atoms with E-state index in [-0.39, 0.29) is 16.9 Å². The summed E-state index contributed by atoms with van der Waals surface area (Å²) >= 11 is 0. The van der Waals surface area contributed by atoms with Crippen LogP contribution in [0, 0.1) is 5.82 Å². The fourth-order valence-electron chi connectivity index (χ4n) is 3.94. The highest BCUT2D eigenvalue weighted by Gasteiger charge is 2.37. The monoisotopic (exact) mass is 391 g/mol. The van der Waals surface area contributed by atoms with E-state index in [1.807, 2.05) is 18.2 Å². The molecule has 0 saturated heterocycles. The Balaban J connectivity index is 1.59. The summed E-state index contributed by atoms with van der Waals surface area (Å²) in [6.07, 6.45) is 3.85. The Kier molecular flexibility index (Phi) is 4.82. The normalized spacial score (nSPS) is 18.4. The van der Waals surface area contributed by atoms with Crippen LogP contribution in [0.2, 0.25) is 0 Å². The summed E-state index contributed by atoms with van der Waals surface area (Å²) in [5, 5.41) is 0. The minimum Gasteiger partial charge on any atom is -0.486 e. The van der Waals surface area contributed by atoms with Crippen molar-refractivity contribution in [3.05, 3.63) is 53.8 Å². The molecule has 2 aromatic carbocycles. The molecule has 0 atom stereocenters. The van der Waals surface area contributed by atoms with Crippen LogP contribution in [0.15, 0.2) is 47.4 Å². The molecule has 1 heterocycles. The molecule has 1 fully saturated rings. The maximum absolute atomic E-state index is 13.4. The van der Waals surface area contributed by atoms with Gasteiger partial charge < -0.3 is 9.47 Å². The second kappa shape index (κ2) is 7.13. The summed E-state index contributed by atoms with van der Waals surface area (Å²) < 4.78 is 52.6. The fraction of sp³-hybridized carbons (Fsp3) is 0.400. The molecule has 0 radical (unpaired) electrons. The number of rotatable bonds is 5. The Labute approximate surface area is 158 Å². The summed E-state index contributed by atoms with van der Waals surface area (Å²) in [6, 6.07) is 10.9. The second-order valence-corrected chi connectivity index (χ2v) is 8.89. The van der Waals surface area contributed by atoms with Crippen LogP contribution in [0.3, 0.4) is 0 Å². The van der Waals surface area contributed by atoms with Gasteiger partial charge in [-0.3, -0.25) is 0 Å². The zero-order valence-corrected chi connectivity index (χ0v) is 15.7. The third-order valence-electron chi connectivity index (χ3n) is 5.42. The molecule has 1 aliphatic carbocycles. The number of ether oxygens (including phenoxy) is 2. The zero-order valence-electron chi connectivity index (χ0n) is 14.9. The van der Waals surface area contributed by atoms with Crippen molar-refractivity contribution >= 4 is 10.0 Å². The molecule has 1 aliphatic heterocycles. The number of halogens is 1. The summed E-state index contributed by atoms with van der Waals surface area (Å²) in [5.74, 6) is 0.858. The highest BCUT2D eigenvalue weighted by molar-refractivity contribution is 7.89. The average molecular weight is 391 g/mol. The molecule has 144 valence electrons. The van der Waals surface area contributed by atoms with Gasteiger partial charge in [0.05, 0.1) is 4.90 Å². The van der Waals surface area contributed by atoms with Crippen molar-refractivity contribution in [2.24, 2.45) is 0 Å². The van der Waals surface area contributed by atoms with E-state index in [0.717, 1.165) is 43.1 Å². The molecular weight excluding hydrogens is 369 g/mol. The van der Waals surface area contributed by atoms with E-state index in [9.17, 15) is 12.8 Å². The van der Waals surface area contributed by atoms with Crippen molar-refractivity contribution in [1.82, 2.24) is 4.72 Å². The van der Waals surface area contributed by atoms with Crippen LogP contribution in [0.25, 0.3) is 0 Å². The first-order valence-corrected chi connectivity index (χ1v) is 10.6. The Morgan fingerprint density at radius 3 is 2.48 bits per heavy atom. The van der Waals surface area contributed by atoms with E-state index in [1.165, 1.54) is 18.2 Å². The molecule has 27 heavy (non-hydrogen) atoms. The molecule has 1 N–H and O–H groups in total. The van der Waals surface area contributed by atoms with Gasteiger partial charge in [-0.15, -0.1) is 0 Å². The lowest BCUT2D eigenvalue weighted by atomic mass is 9.79. The van der Waals surface area contributed by atoms with Crippen LogP contribution in [0.5, 0.6) is 11.5 Å². The molecule has 0 amide bonds. The number of fused-ring (bicyclic) bond motifs is 1. The van der Waals surface area contributed by atoms with Gasteiger partial charge in [0, 0.05) is 12.0 Å². The van der Waals surface area contributed by atoms with Gasteiger partial charge >= 0.3 is 0 Å². The number of hydrogen-bond acceptors (Lipinski definition) is 4. The average Bonchev–Trinajstić information content (AvgIpc) is 3.16. The van der Waals surface area contributed by atoms with Crippen LogP contribution in [0.1, 0.15) is 31.2 Å². The van der Waals surface area contributed by atoms with Crippen molar-refractivity contribution in [3.63, 3.8) is 0 Å². The number of nitrogens with one attached hydrogen (secondary N) is 1. The molecule has 2 aliphatic rings. The lowest BCUT2D eigenvalue weighted by Gasteiger charge is -2.31. The topological polar surface area (TPSA) is 64.6 Å². The Morgan fingerprint density at radius 1 is 1.00 bits per heavy atom. The smallest absolute Gasteiger partial charge is 0.240 e. The predicted molar refractivity (Wildman–Crippen MR) is 99.2 cm³/mol. The molecule has 0 unspecified atom stereocenters. The maximum Gasteiger partial charge on any atom is 0.240 e. The van der Waals surface area contributed by atoms with Crippen LogP contribution in [-0.4, -0.2) is 28.2 Å². The van der Waals surface area contributed by atoms with Crippen molar-refractivity contribution in [3.8, 4) is 11.5 Å². The van der Waals surface area contributed by atoms with Gasteiger partial charge in [-0.25, -0.2) is 17.5 Å². The standard InChI is InChI=1S/C20H22FNO4S/c21-16-4-3-5-17(13-16)27(23,24)22-14-20(8-1-2-9-20)15-6-7-18-19(12-15)26-11-10-25-18/h3-7,12-13,22H,1-2,8-11,14H2. The van der Waals surface area contributed by atoms with Gasteiger partial charge in [0.2, 0.25) is 10.0 Å². The van der Waals surface area contributed by atoms with Crippen molar-refractivity contribution in [2.45, 2.75) is 36.0 Å². The largest absolute Gasteiger partial charge is 0.486 e. The molecular formula is C20H22FNO4S. The first kappa shape index (κ1) is 18.3. The van der Waals surface area contributed by atoms with Crippen LogP contribution in [0.4, 0.5) is 4.39 Å². The van der Waals surface area contributed by atoms with Gasteiger partial charge in [0.1, 0.15) is 19.0 Å². The highest BCUT2D eigenvalue weighted by atomic mass is 32.2. The van der Waals surface area contributed by atoms with Crippen molar-refractivity contribution in [2.75, 3.05) is 19.8 Å². The van der Waals surface area contributed by atoms with E-state index in [1.54, 1.807) is 0 Å². The van der Waals surface area contributed by atoms with Gasteiger partial charge in [0.15, 0.2) is 11.5 Å². The van der Waals surface area contributed by atoms with E-state index >= 15 is 0 Å². The number of hydrogen-bond donors (Lipinski definition) is 1. The molecule has 0 spiro atoms. The lowest BCUT2D eigenvalue weighted by Crippen LogP contribution is -2.39. The number of sulfonamides is 1. The molecule has 5 nitrogen and oxygen atoms in total. The minimum absolute atomic E-state index is 0.0576. The molecule has 4 rings (SSSR count). The van der Waals surface area contributed by atoms with Crippen molar-refractivity contribution < 1.29 is 22.3 Å². The molecule has 0 aromatic heterocycles. The first-order valence-electron chi connectivity index (χ1n) is 9.14. The van der Waals surface area contributed by atoms with E-state index in [0.29, 0.717) is 19.0 Å². The minimum atomic E-state index is -3.78. The lowest BCUT2D eigenvalue weighted by molar-refractivity contribution is 0.171. The zero-order chi connectivity index (χ0) is 18.9. The third-order valence-corrected chi connectivity index (χ3v) is 6.82. The van der Waals surface area contributed by atoms with E-state index in [2.05, 4.69) is 4.72 Å². The Hall–Kier alpha value is -2.12. The van der Waals surface area contributed by atoms with E-state index in [4.69, 9.17) is 9.47 Å². The fourth-order valence-corrected chi connectivity index (χ4v) is 5.10. The third kappa shape index (κ3) is 3.66. The summed E-state index contributed by atoms with van der Waals surface area (Å²) in [4.78, 5) is -0.0576. The predicted octanol–water partition coefficient (Wildman–Crippen LogP) is 3.39.